The van der Waals surface area contributed by atoms with E-state index in [4.69, 9.17) is 4.74 Å². The number of ether oxygens (including phenoxy) is 1. The van der Waals surface area contributed by atoms with Gasteiger partial charge in [0.15, 0.2) is 0 Å². The highest BCUT2D eigenvalue weighted by molar-refractivity contribution is 7.11. The predicted molar refractivity (Wildman–Crippen MR) is 69.1 cm³/mol. The van der Waals surface area contributed by atoms with Crippen molar-refractivity contribution in [3.8, 4) is 0 Å². The Hall–Kier alpha value is -0.940. The summed E-state index contributed by atoms with van der Waals surface area (Å²) in [5, 5.41) is 4.12. The van der Waals surface area contributed by atoms with Crippen LogP contribution in [0.15, 0.2) is 6.20 Å². The van der Waals surface area contributed by atoms with Crippen LogP contribution in [0.25, 0.3) is 0 Å². The molecule has 0 fully saturated rings. The second-order valence-electron chi connectivity index (χ2n) is 3.99. The minimum absolute atomic E-state index is 0.0902. The Kier molecular flexibility index (Phi) is 6.15. The van der Waals surface area contributed by atoms with Crippen LogP contribution in [0, 0.1) is 6.92 Å². The van der Waals surface area contributed by atoms with E-state index in [1.165, 1.54) is 4.88 Å². The zero-order valence-corrected chi connectivity index (χ0v) is 11.5. The standard InChI is InChI=1S/C12H20N2O2S/c1-4-5-6-16-11(15)8-13-10(3)12-14-7-9(2)17-12/h7,10,13H,4-6,8H2,1-3H3. The lowest BCUT2D eigenvalue weighted by Gasteiger charge is -2.10. The molecule has 0 saturated heterocycles. The van der Waals surface area contributed by atoms with Crippen molar-refractivity contribution in [2.24, 2.45) is 0 Å². The molecule has 1 unspecified atom stereocenters. The van der Waals surface area contributed by atoms with Gasteiger partial charge in [-0.3, -0.25) is 10.1 Å². The molecule has 1 aromatic rings. The van der Waals surface area contributed by atoms with E-state index in [-0.39, 0.29) is 18.6 Å². The molecule has 96 valence electrons. The molecular weight excluding hydrogens is 236 g/mol. The van der Waals surface area contributed by atoms with E-state index in [0.29, 0.717) is 6.61 Å². The summed E-state index contributed by atoms with van der Waals surface area (Å²) in [6.07, 6.45) is 3.81. The third-order valence-corrected chi connectivity index (χ3v) is 3.42. The van der Waals surface area contributed by atoms with E-state index in [1.807, 2.05) is 20.0 Å². The normalized spacial score (nSPS) is 12.4. The van der Waals surface area contributed by atoms with Crippen molar-refractivity contribution in [3.63, 3.8) is 0 Å². The molecule has 0 aliphatic rings. The van der Waals surface area contributed by atoms with Gasteiger partial charge in [-0.2, -0.15) is 0 Å². The number of carbonyl (C=O) groups is 1. The number of aryl methyl sites for hydroxylation is 1. The molecule has 1 heterocycles. The van der Waals surface area contributed by atoms with Crippen LogP contribution in [-0.2, 0) is 9.53 Å². The van der Waals surface area contributed by atoms with Gasteiger partial charge in [0.2, 0.25) is 0 Å². The smallest absolute Gasteiger partial charge is 0.319 e. The number of hydrogen-bond acceptors (Lipinski definition) is 5. The molecule has 0 saturated carbocycles. The van der Waals surface area contributed by atoms with E-state index in [1.54, 1.807) is 11.3 Å². The van der Waals surface area contributed by atoms with Crippen LogP contribution in [0.1, 0.15) is 42.6 Å². The van der Waals surface area contributed by atoms with Crippen molar-refractivity contribution >= 4 is 17.3 Å². The highest BCUT2D eigenvalue weighted by Gasteiger charge is 2.11. The van der Waals surface area contributed by atoms with Crippen LogP contribution in [0.2, 0.25) is 0 Å². The zero-order valence-electron chi connectivity index (χ0n) is 10.7. The number of nitrogens with zero attached hydrogens (tertiary/aromatic N) is 1. The van der Waals surface area contributed by atoms with Gasteiger partial charge < -0.3 is 4.74 Å². The van der Waals surface area contributed by atoms with Gasteiger partial charge in [0.1, 0.15) is 5.01 Å². The molecule has 0 bridgehead atoms. The first kappa shape index (κ1) is 14.1. The Morgan fingerprint density at radius 3 is 3.00 bits per heavy atom. The highest BCUT2D eigenvalue weighted by atomic mass is 32.1. The monoisotopic (exact) mass is 256 g/mol. The summed E-state index contributed by atoms with van der Waals surface area (Å²) in [5.74, 6) is -0.196. The van der Waals surface area contributed by atoms with Crippen molar-refractivity contribution < 1.29 is 9.53 Å². The lowest BCUT2D eigenvalue weighted by atomic mass is 10.3. The largest absolute Gasteiger partial charge is 0.465 e. The SMILES string of the molecule is CCCCOC(=O)CNC(C)c1ncc(C)s1. The Morgan fingerprint density at radius 2 is 2.41 bits per heavy atom. The number of esters is 1. The van der Waals surface area contributed by atoms with Crippen molar-refractivity contribution in [1.29, 1.82) is 0 Å². The Balaban J connectivity index is 2.23. The Morgan fingerprint density at radius 1 is 1.65 bits per heavy atom. The minimum atomic E-state index is -0.196. The predicted octanol–water partition coefficient (Wildman–Crippen LogP) is 2.45. The maximum atomic E-state index is 11.4. The molecule has 5 heteroatoms. The highest BCUT2D eigenvalue weighted by Crippen LogP contribution is 2.18. The molecule has 0 radical (unpaired) electrons. The fourth-order valence-corrected chi connectivity index (χ4v) is 2.08. The summed E-state index contributed by atoms with van der Waals surface area (Å²) in [4.78, 5) is 16.8. The van der Waals surface area contributed by atoms with Crippen molar-refractivity contribution in [1.82, 2.24) is 10.3 Å². The first-order valence-corrected chi connectivity index (χ1v) is 6.76. The molecule has 0 amide bonds. The number of carbonyl (C=O) groups excluding carboxylic acids is 1. The Labute approximate surface area is 106 Å². The molecule has 1 N–H and O–H groups in total. The third kappa shape index (κ3) is 5.28. The number of rotatable bonds is 7. The molecule has 17 heavy (non-hydrogen) atoms. The summed E-state index contributed by atoms with van der Waals surface area (Å²) < 4.78 is 5.06. The van der Waals surface area contributed by atoms with Gasteiger partial charge in [-0.25, -0.2) is 4.98 Å². The van der Waals surface area contributed by atoms with Gasteiger partial charge in [0.25, 0.3) is 0 Å². The molecule has 4 nitrogen and oxygen atoms in total. The number of nitrogens with one attached hydrogen (secondary N) is 1. The average molecular weight is 256 g/mol. The van der Waals surface area contributed by atoms with E-state index >= 15 is 0 Å². The van der Waals surface area contributed by atoms with Gasteiger partial charge in [-0.15, -0.1) is 11.3 Å². The van der Waals surface area contributed by atoms with Crippen LogP contribution in [0.3, 0.4) is 0 Å². The second-order valence-corrected chi connectivity index (χ2v) is 5.25. The summed E-state index contributed by atoms with van der Waals surface area (Å²) in [7, 11) is 0. The molecular formula is C12H20N2O2S. The molecule has 0 aliphatic heterocycles. The van der Waals surface area contributed by atoms with Crippen LogP contribution in [-0.4, -0.2) is 24.1 Å². The lowest BCUT2D eigenvalue weighted by Crippen LogP contribution is -2.27. The average Bonchev–Trinajstić information content (AvgIpc) is 2.73. The minimum Gasteiger partial charge on any atom is -0.465 e. The second kappa shape index (κ2) is 7.40. The first-order valence-electron chi connectivity index (χ1n) is 5.94. The molecule has 0 aliphatic carbocycles. The van der Waals surface area contributed by atoms with E-state index in [0.717, 1.165) is 17.8 Å². The van der Waals surface area contributed by atoms with Gasteiger partial charge in [0.05, 0.1) is 19.2 Å². The molecule has 1 rings (SSSR count). The van der Waals surface area contributed by atoms with Crippen molar-refractivity contribution in [2.45, 2.75) is 39.7 Å². The van der Waals surface area contributed by atoms with Gasteiger partial charge in [-0.1, -0.05) is 13.3 Å². The van der Waals surface area contributed by atoms with Crippen LogP contribution >= 0.6 is 11.3 Å². The fourth-order valence-electron chi connectivity index (χ4n) is 1.28. The van der Waals surface area contributed by atoms with Gasteiger partial charge in [-0.05, 0) is 20.3 Å². The molecule has 1 aromatic heterocycles. The molecule has 1 atom stereocenters. The van der Waals surface area contributed by atoms with E-state index in [9.17, 15) is 4.79 Å². The maximum absolute atomic E-state index is 11.4. The van der Waals surface area contributed by atoms with Crippen LogP contribution in [0.5, 0.6) is 0 Å². The molecule has 0 aromatic carbocycles. The number of aromatic nitrogens is 1. The summed E-state index contributed by atoms with van der Waals surface area (Å²) in [6.45, 7) is 6.84. The summed E-state index contributed by atoms with van der Waals surface area (Å²) in [6, 6.07) is 0.0902. The summed E-state index contributed by atoms with van der Waals surface area (Å²) >= 11 is 1.64. The van der Waals surface area contributed by atoms with Gasteiger partial charge >= 0.3 is 5.97 Å². The first-order chi connectivity index (χ1) is 8.13. The topological polar surface area (TPSA) is 51.2 Å². The van der Waals surface area contributed by atoms with Crippen LogP contribution in [0.4, 0.5) is 0 Å². The van der Waals surface area contributed by atoms with E-state index in [2.05, 4.69) is 17.2 Å². The van der Waals surface area contributed by atoms with Crippen molar-refractivity contribution in [2.75, 3.05) is 13.2 Å². The maximum Gasteiger partial charge on any atom is 0.319 e. The number of unbranched alkanes of at least 4 members (excludes halogenated alkanes) is 1. The fraction of sp³-hybridized carbons (Fsp3) is 0.667. The Bertz CT molecular complexity index is 352. The summed E-state index contributed by atoms with van der Waals surface area (Å²) in [5.41, 5.74) is 0. The lowest BCUT2D eigenvalue weighted by molar-refractivity contribution is -0.142. The van der Waals surface area contributed by atoms with E-state index < -0.39 is 0 Å². The van der Waals surface area contributed by atoms with Crippen LogP contribution < -0.4 is 5.32 Å². The quantitative estimate of drug-likeness (QED) is 0.601. The number of thiazole rings is 1. The molecule has 0 spiro atoms. The van der Waals surface area contributed by atoms with Crippen molar-refractivity contribution in [3.05, 3.63) is 16.1 Å². The zero-order chi connectivity index (χ0) is 12.7. The van der Waals surface area contributed by atoms with Gasteiger partial charge in [0, 0.05) is 11.1 Å². The number of hydrogen-bond donors (Lipinski definition) is 1. The third-order valence-electron chi connectivity index (χ3n) is 2.32.